The zero-order valence-electron chi connectivity index (χ0n) is 19.6. The summed E-state index contributed by atoms with van der Waals surface area (Å²) < 4.78 is 16.6. The molecule has 1 atom stereocenters. The first kappa shape index (κ1) is 22.7. The summed E-state index contributed by atoms with van der Waals surface area (Å²) in [5.41, 5.74) is 2.87. The molecule has 0 aliphatic carbocycles. The maximum Gasteiger partial charge on any atom is 0.410 e. The number of carbonyl (C=O) groups is 1. The number of nitriles is 1. The highest BCUT2D eigenvalue weighted by Gasteiger charge is 2.30. The van der Waals surface area contributed by atoms with Gasteiger partial charge in [-0.25, -0.2) is 9.78 Å². The van der Waals surface area contributed by atoms with Gasteiger partial charge in [0.2, 0.25) is 5.88 Å². The van der Waals surface area contributed by atoms with Crippen molar-refractivity contribution in [3.05, 3.63) is 41.6 Å². The Kier molecular flexibility index (Phi) is 6.32. The number of aromatic nitrogens is 1. The van der Waals surface area contributed by atoms with E-state index in [2.05, 4.69) is 28.1 Å². The third-order valence-electron chi connectivity index (χ3n) is 5.81. The minimum absolute atomic E-state index is 0.240. The molecule has 1 aromatic heterocycles. The average Bonchev–Trinajstić information content (AvgIpc) is 3.26. The van der Waals surface area contributed by atoms with E-state index in [1.165, 1.54) is 12.7 Å². The van der Waals surface area contributed by atoms with Crippen LogP contribution in [-0.4, -0.2) is 54.9 Å². The van der Waals surface area contributed by atoms with Crippen LogP contribution in [0, 0.1) is 17.2 Å². The molecule has 0 N–H and O–H groups in total. The molecule has 174 valence electrons. The molecule has 2 aliphatic heterocycles. The van der Waals surface area contributed by atoms with Gasteiger partial charge in [0.25, 0.3) is 0 Å². The molecule has 1 amide bonds. The maximum atomic E-state index is 12.4. The number of nitrogens with zero attached hydrogens (tertiary/aromatic N) is 4. The smallest absolute Gasteiger partial charge is 0.410 e. The molecule has 8 heteroatoms. The van der Waals surface area contributed by atoms with Crippen LogP contribution < -0.4 is 14.4 Å². The standard InChI is InChI=1S/C25H30N4O4/c1-25(2,3)33-24(30)28-8-7-18(16-28)11-17-5-6-22-21(12-17)29(9-10-32-22)20-13-19(14-26)23(31-4)27-15-20/h5-6,12-13,15,18H,7-11,16H2,1-4H3. The van der Waals surface area contributed by atoms with E-state index in [1.54, 1.807) is 17.2 Å². The predicted octanol–water partition coefficient (Wildman–Crippen LogP) is 4.29. The van der Waals surface area contributed by atoms with Crippen LogP contribution in [0.5, 0.6) is 11.6 Å². The summed E-state index contributed by atoms with van der Waals surface area (Å²) in [6.45, 7) is 8.28. The normalized spacial score (nSPS) is 17.7. The Hall–Kier alpha value is -3.47. The zero-order valence-corrected chi connectivity index (χ0v) is 19.6. The molecule has 0 saturated carbocycles. The van der Waals surface area contributed by atoms with Crippen molar-refractivity contribution in [1.82, 2.24) is 9.88 Å². The van der Waals surface area contributed by atoms with Crippen LogP contribution >= 0.6 is 0 Å². The Morgan fingerprint density at radius 1 is 1.30 bits per heavy atom. The van der Waals surface area contributed by atoms with Gasteiger partial charge in [-0.15, -0.1) is 0 Å². The van der Waals surface area contributed by atoms with Gasteiger partial charge in [0.1, 0.15) is 29.6 Å². The lowest BCUT2D eigenvalue weighted by atomic mass is 9.97. The SMILES string of the molecule is COc1ncc(N2CCOc3ccc(CC4CCN(C(=O)OC(C)(C)C)C4)cc32)cc1C#N. The van der Waals surface area contributed by atoms with Crippen LogP contribution in [0.2, 0.25) is 0 Å². The summed E-state index contributed by atoms with van der Waals surface area (Å²) in [5, 5.41) is 9.44. The molecule has 1 fully saturated rings. The van der Waals surface area contributed by atoms with E-state index < -0.39 is 5.60 Å². The number of hydrogen-bond acceptors (Lipinski definition) is 7. The minimum atomic E-state index is -0.487. The van der Waals surface area contributed by atoms with Crippen molar-refractivity contribution in [2.45, 2.75) is 39.2 Å². The molecule has 1 unspecified atom stereocenters. The van der Waals surface area contributed by atoms with Crippen LogP contribution in [-0.2, 0) is 11.2 Å². The lowest BCUT2D eigenvalue weighted by Crippen LogP contribution is -2.35. The topological polar surface area (TPSA) is 87.9 Å². The molecule has 3 heterocycles. The van der Waals surface area contributed by atoms with Gasteiger partial charge < -0.3 is 24.0 Å². The Balaban J connectivity index is 1.50. The molecule has 0 radical (unpaired) electrons. The number of amides is 1. The zero-order chi connectivity index (χ0) is 23.6. The summed E-state index contributed by atoms with van der Waals surface area (Å²) >= 11 is 0. The van der Waals surface area contributed by atoms with Gasteiger partial charge in [-0.1, -0.05) is 6.07 Å². The molecule has 8 nitrogen and oxygen atoms in total. The quantitative estimate of drug-likeness (QED) is 0.686. The molecule has 1 aromatic carbocycles. The molecule has 4 rings (SSSR count). The number of anilines is 2. The number of hydrogen-bond donors (Lipinski definition) is 0. The summed E-state index contributed by atoms with van der Waals surface area (Å²) in [6, 6.07) is 10.2. The highest BCUT2D eigenvalue weighted by Crippen LogP contribution is 2.38. The lowest BCUT2D eigenvalue weighted by molar-refractivity contribution is 0.0288. The van der Waals surface area contributed by atoms with Gasteiger partial charge in [-0.05, 0) is 63.3 Å². The highest BCUT2D eigenvalue weighted by atomic mass is 16.6. The molecule has 33 heavy (non-hydrogen) atoms. The van der Waals surface area contributed by atoms with Crippen molar-refractivity contribution < 1.29 is 19.0 Å². The number of pyridine rings is 1. The fourth-order valence-corrected chi connectivity index (χ4v) is 4.31. The molecule has 0 bridgehead atoms. The molecule has 2 aliphatic rings. The average molecular weight is 451 g/mol. The summed E-state index contributed by atoms with van der Waals surface area (Å²) in [5.74, 6) is 1.50. The number of carbonyl (C=O) groups excluding carboxylic acids is 1. The van der Waals surface area contributed by atoms with Crippen molar-refractivity contribution in [3.8, 4) is 17.7 Å². The lowest BCUT2D eigenvalue weighted by Gasteiger charge is -2.31. The first-order valence-electron chi connectivity index (χ1n) is 11.2. The monoisotopic (exact) mass is 450 g/mol. The first-order valence-corrected chi connectivity index (χ1v) is 11.2. The van der Waals surface area contributed by atoms with Crippen LogP contribution in [0.1, 0.15) is 38.3 Å². The third-order valence-corrected chi connectivity index (χ3v) is 5.81. The van der Waals surface area contributed by atoms with Gasteiger partial charge in [0.15, 0.2) is 0 Å². The maximum absolute atomic E-state index is 12.4. The summed E-state index contributed by atoms with van der Waals surface area (Å²) in [6.07, 6.45) is 3.29. The molecule has 1 saturated heterocycles. The van der Waals surface area contributed by atoms with E-state index in [0.29, 0.717) is 43.6 Å². The molecular weight excluding hydrogens is 420 g/mol. The summed E-state index contributed by atoms with van der Waals surface area (Å²) in [7, 11) is 1.51. The Labute approximate surface area is 194 Å². The molecular formula is C25H30N4O4. The van der Waals surface area contributed by atoms with E-state index in [1.807, 2.05) is 26.8 Å². The van der Waals surface area contributed by atoms with Gasteiger partial charge in [-0.3, -0.25) is 0 Å². The van der Waals surface area contributed by atoms with Crippen molar-refractivity contribution >= 4 is 17.5 Å². The van der Waals surface area contributed by atoms with E-state index in [-0.39, 0.29) is 6.09 Å². The van der Waals surface area contributed by atoms with Crippen LogP contribution in [0.4, 0.5) is 16.2 Å². The van der Waals surface area contributed by atoms with Crippen molar-refractivity contribution in [2.24, 2.45) is 5.92 Å². The second-order valence-electron chi connectivity index (χ2n) is 9.45. The van der Waals surface area contributed by atoms with E-state index >= 15 is 0 Å². The molecule has 2 aromatic rings. The third kappa shape index (κ3) is 5.14. The van der Waals surface area contributed by atoms with Crippen molar-refractivity contribution in [1.29, 1.82) is 5.26 Å². The van der Waals surface area contributed by atoms with Gasteiger partial charge in [-0.2, -0.15) is 5.26 Å². The second kappa shape index (κ2) is 9.18. The Morgan fingerprint density at radius 3 is 2.85 bits per heavy atom. The number of fused-ring (bicyclic) bond motifs is 1. The second-order valence-corrected chi connectivity index (χ2v) is 9.45. The first-order chi connectivity index (χ1) is 15.8. The molecule has 0 spiro atoms. The van der Waals surface area contributed by atoms with E-state index in [0.717, 1.165) is 30.0 Å². The Bertz CT molecular complexity index is 1070. The number of benzene rings is 1. The minimum Gasteiger partial charge on any atom is -0.490 e. The van der Waals surface area contributed by atoms with Gasteiger partial charge >= 0.3 is 6.09 Å². The number of methoxy groups -OCH3 is 1. The van der Waals surface area contributed by atoms with Gasteiger partial charge in [0, 0.05) is 13.1 Å². The fourth-order valence-electron chi connectivity index (χ4n) is 4.31. The van der Waals surface area contributed by atoms with E-state index in [9.17, 15) is 10.1 Å². The van der Waals surface area contributed by atoms with E-state index in [4.69, 9.17) is 14.2 Å². The van der Waals surface area contributed by atoms with Gasteiger partial charge in [0.05, 0.1) is 31.2 Å². The predicted molar refractivity (Wildman–Crippen MR) is 124 cm³/mol. The number of likely N-dealkylation sites (tertiary alicyclic amines) is 1. The fraction of sp³-hybridized carbons (Fsp3) is 0.480. The highest BCUT2D eigenvalue weighted by molar-refractivity contribution is 5.72. The number of ether oxygens (including phenoxy) is 3. The van der Waals surface area contributed by atoms with Crippen molar-refractivity contribution in [2.75, 3.05) is 38.3 Å². The Morgan fingerprint density at radius 2 is 2.12 bits per heavy atom. The largest absolute Gasteiger partial charge is 0.490 e. The van der Waals surface area contributed by atoms with Crippen LogP contribution in [0.3, 0.4) is 0 Å². The number of rotatable bonds is 4. The van der Waals surface area contributed by atoms with Crippen LogP contribution in [0.25, 0.3) is 0 Å². The van der Waals surface area contributed by atoms with Crippen LogP contribution in [0.15, 0.2) is 30.5 Å². The summed E-state index contributed by atoms with van der Waals surface area (Å²) in [4.78, 5) is 20.6. The van der Waals surface area contributed by atoms with Crippen molar-refractivity contribution in [3.63, 3.8) is 0 Å².